The lowest BCUT2D eigenvalue weighted by Gasteiger charge is -1.97. The lowest BCUT2D eigenvalue weighted by atomic mass is 10.2. The highest BCUT2D eigenvalue weighted by molar-refractivity contribution is 6.30. The summed E-state index contributed by atoms with van der Waals surface area (Å²) in [5, 5.41) is 11.0. The van der Waals surface area contributed by atoms with Crippen molar-refractivity contribution < 1.29 is 9.73 Å². The summed E-state index contributed by atoms with van der Waals surface area (Å²) in [6.45, 7) is 1.11. The maximum absolute atomic E-state index is 8.43. The molecule has 0 radical (unpaired) electrons. The number of hydrogen-bond acceptors (Lipinski definition) is 2. The van der Waals surface area contributed by atoms with Gasteiger partial charge >= 0.3 is 0 Å². The Morgan fingerprint density at radius 2 is 2.18 bits per heavy atom. The number of rotatable bonds is 4. The Morgan fingerprint density at radius 3 is 2.94 bits per heavy atom. The number of benzene rings is 1. The van der Waals surface area contributed by atoms with Crippen LogP contribution in [0, 0.1) is 11.3 Å². The molecule has 0 spiro atoms. The minimum Gasteiger partial charge on any atom is -0.455 e. The number of nitriles is 1. The van der Waals surface area contributed by atoms with Crippen molar-refractivity contribution in [3.05, 3.63) is 47.2 Å². The van der Waals surface area contributed by atoms with Gasteiger partial charge in [-0.2, -0.15) is 5.26 Å². The van der Waals surface area contributed by atoms with E-state index in [1.54, 1.807) is 0 Å². The molecule has 0 aliphatic carbocycles. The first kappa shape index (κ1) is 11.7. The van der Waals surface area contributed by atoms with Crippen LogP contribution in [0.15, 0.2) is 40.8 Å². The molecule has 2 rings (SSSR count). The van der Waals surface area contributed by atoms with Crippen LogP contribution < -0.4 is 5.32 Å². The van der Waals surface area contributed by atoms with Crippen LogP contribution in [0.25, 0.3) is 11.3 Å². The van der Waals surface area contributed by atoms with Crippen LogP contribution in [0.5, 0.6) is 0 Å². The number of hydrogen-bond donors (Lipinski definition) is 1. The van der Waals surface area contributed by atoms with E-state index in [0.29, 0.717) is 18.1 Å². The van der Waals surface area contributed by atoms with Crippen molar-refractivity contribution in [2.75, 3.05) is 6.54 Å². The summed E-state index contributed by atoms with van der Waals surface area (Å²) in [5.74, 6) is 1.66. The monoisotopic (exact) mass is 247 g/mol. The lowest BCUT2D eigenvalue weighted by Crippen LogP contribution is -2.82. The second kappa shape index (κ2) is 5.53. The molecule has 3 nitrogen and oxygen atoms in total. The molecule has 0 saturated carbocycles. The molecule has 0 bridgehead atoms. The van der Waals surface area contributed by atoms with Gasteiger partial charge in [0.2, 0.25) is 0 Å². The molecule has 2 N–H and O–H groups in total. The van der Waals surface area contributed by atoms with Gasteiger partial charge in [-0.1, -0.05) is 23.7 Å². The maximum atomic E-state index is 8.43. The molecule has 0 unspecified atom stereocenters. The van der Waals surface area contributed by atoms with E-state index < -0.39 is 0 Å². The number of nitrogens with two attached hydrogens (primary N) is 1. The number of quaternary nitrogens is 1. The van der Waals surface area contributed by atoms with E-state index in [-0.39, 0.29) is 0 Å². The summed E-state index contributed by atoms with van der Waals surface area (Å²) in [7, 11) is 0. The molecular weight excluding hydrogens is 236 g/mol. The number of halogens is 1. The fourth-order valence-corrected chi connectivity index (χ4v) is 1.75. The van der Waals surface area contributed by atoms with Crippen molar-refractivity contribution in [3.63, 3.8) is 0 Å². The van der Waals surface area contributed by atoms with Crippen molar-refractivity contribution in [1.82, 2.24) is 0 Å². The zero-order chi connectivity index (χ0) is 12.1. The molecule has 2 aromatic rings. The molecular formula is C13H12ClN2O+. The van der Waals surface area contributed by atoms with E-state index in [0.717, 1.165) is 17.1 Å². The Bertz CT molecular complexity index is 542. The third kappa shape index (κ3) is 3.10. The third-order valence-electron chi connectivity index (χ3n) is 2.35. The Labute approximate surface area is 105 Å². The van der Waals surface area contributed by atoms with Gasteiger partial charge in [0.25, 0.3) is 0 Å². The summed E-state index contributed by atoms with van der Waals surface area (Å²) in [6, 6.07) is 13.4. The molecule has 0 atom stereocenters. The van der Waals surface area contributed by atoms with Crippen LogP contribution in [0.4, 0.5) is 0 Å². The first-order chi connectivity index (χ1) is 8.29. The normalized spacial score (nSPS) is 10.1. The highest BCUT2D eigenvalue weighted by Gasteiger charge is 2.06. The maximum Gasteiger partial charge on any atom is 0.163 e. The molecule has 0 aliphatic heterocycles. The summed E-state index contributed by atoms with van der Waals surface area (Å²) in [5.41, 5.74) is 0.962. The quantitative estimate of drug-likeness (QED) is 0.665. The third-order valence-corrected chi connectivity index (χ3v) is 2.59. The Hall–Kier alpha value is -1.76. The van der Waals surface area contributed by atoms with Crippen LogP contribution in [-0.2, 0) is 6.54 Å². The van der Waals surface area contributed by atoms with Gasteiger partial charge in [0.15, 0.2) is 12.3 Å². The Kier molecular flexibility index (Phi) is 3.81. The van der Waals surface area contributed by atoms with Crippen molar-refractivity contribution in [2.24, 2.45) is 0 Å². The van der Waals surface area contributed by atoms with Gasteiger partial charge in [-0.3, -0.25) is 0 Å². The van der Waals surface area contributed by atoms with Crippen LogP contribution in [0.1, 0.15) is 5.76 Å². The fraction of sp³-hybridized carbons (Fsp3) is 0.154. The van der Waals surface area contributed by atoms with Crippen LogP contribution in [0.2, 0.25) is 5.02 Å². The van der Waals surface area contributed by atoms with Gasteiger partial charge in [0.1, 0.15) is 18.4 Å². The van der Waals surface area contributed by atoms with E-state index in [4.69, 9.17) is 21.3 Å². The second-order valence-corrected chi connectivity index (χ2v) is 4.07. The van der Waals surface area contributed by atoms with Crippen LogP contribution in [-0.4, -0.2) is 6.54 Å². The summed E-state index contributed by atoms with van der Waals surface area (Å²) >= 11 is 5.92. The first-order valence-electron chi connectivity index (χ1n) is 5.33. The van der Waals surface area contributed by atoms with Crippen molar-refractivity contribution >= 4 is 11.6 Å². The van der Waals surface area contributed by atoms with E-state index >= 15 is 0 Å². The Balaban J connectivity index is 2.10. The molecule has 1 aromatic heterocycles. The standard InChI is InChI=1S/C13H11ClN2O/c14-11-3-1-2-10(8-11)13-5-4-12(17-13)9-16-7-6-15/h1-5,8,16H,7,9H2/p+1. The van der Waals surface area contributed by atoms with Crippen LogP contribution >= 0.6 is 11.6 Å². The summed E-state index contributed by atoms with van der Waals surface area (Å²) < 4.78 is 5.67. The summed E-state index contributed by atoms with van der Waals surface area (Å²) in [6.07, 6.45) is 0. The lowest BCUT2D eigenvalue weighted by molar-refractivity contribution is -0.662. The SMILES string of the molecule is N#CC[NH2+]Cc1ccc(-c2cccc(Cl)c2)o1. The molecule has 4 heteroatoms. The molecule has 0 fully saturated rings. The minimum absolute atomic E-state index is 0.438. The highest BCUT2D eigenvalue weighted by Crippen LogP contribution is 2.24. The Morgan fingerprint density at radius 1 is 1.29 bits per heavy atom. The second-order valence-electron chi connectivity index (χ2n) is 3.63. The van der Waals surface area contributed by atoms with Gasteiger partial charge in [-0.25, -0.2) is 0 Å². The topological polar surface area (TPSA) is 53.5 Å². The van der Waals surface area contributed by atoms with E-state index in [1.807, 2.05) is 41.7 Å². The number of furan rings is 1. The largest absolute Gasteiger partial charge is 0.455 e. The molecule has 0 aliphatic rings. The van der Waals surface area contributed by atoms with E-state index in [1.165, 1.54) is 0 Å². The highest BCUT2D eigenvalue weighted by atomic mass is 35.5. The van der Waals surface area contributed by atoms with E-state index in [2.05, 4.69) is 6.07 Å². The average molecular weight is 248 g/mol. The van der Waals surface area contributed by atoms with Crippen LogP contribution in [0.3, 0.4) is 0 Å². The molecule has 1 heterocycles. The first-order valence-corrected chi connectivity index (χ1v) is 5.70. The number of nitrogens with zero attached hydrogens (tertiary/aromatic N) is 1. The molecule has 0 amide bonds. The summed E-state index contributed by atoms with van der Waals surface area (Å²) in [4.78, 5) is 0. The smallest absolute Gasteiger partial charge is 0.163 e. The van der Waals surface area contributed by atoms with Crippen molar-refractivity contribution in [1.29, 1.82) is 5.26 Å². The van der Waals surface area contributed by atoms with E-state index in [9.17, 15) is 0 Å². The van der Waals surface area contributed by atoms with Crippen molar-refractivity contribution in [2.45, 2.75) is 6.54 Å². The minimum atomic E-state index is 0.438. The van der Waals surface area contributed by atoms with Gasteiger partial charge in [0.05, 0.1) is 0 Å². The molecule has 0 saturated heterocycles. The molecule has 17 heavy (non-hydrogen) atoms. The molecule has 1 aromatic carbocycles. The van der Waals surface area contributed by atoms with Gasteiger partial charge in [0, 0.05) is 10.6 Å². The zero-order valence-corrected chi connectivity index (χ0v) is 9.95. The predicted molar refractivity (Wildman–Crippen MR) is 65.3 cm³/mol. The van der Waals surface area contributed by atoms with Crippen molar-refractivity contribution in [3.8, 4) is 17.4 Å². The van der Waals surface area contributed by atoms with Gasteiger partial charge in [-0.15, -0.1) is 0 Å². The average Bonchev–Trinajstić information content (AvgIpc) is 2.78. The van der Waals surface area contributed by atoms with Gasteiger partial charge < -0.3 is 9.73 Å². The predicted octanol–water partition coefficient (Wildman–Crippen LogP) is 2.19. The fourth-order valence-electron chi connectivity index (χ4n) is 1.56. The van der Waals surface area contributed by atoms with Gasteiger partial charge in [-0.05, 0) is 24.3 Å². The molecule has 86 valence electrons. The zero-order valence-electron chi connectivity index (χ0n) is 9.19.